The molecule has 0 unspecified atom stereocenters. The van der Waals surface area contributed by atoms with Crippen molar-refractivity contribution < 1.29 is 4.79 Å². The molecule has 1 amide bonds. The molecule has 1 rings (SSSR count). The number of amides is 1. The number of hydrogen-bond donors (Lipinski definition) is 2. The molecule has 0 aromatic heterocycles. The molecule has 0 spiro atoms. The Morgan fingerprint density at radius 2 is 2.21 bits per heavy atom. The molecular weight excluding hydrogens is 244 g/mol. The predicted octanol–water partition coefficient (Wildman–Crippen LogP) is 1.58. The van der Waals surface area contributed by atoms with Gasteiger partial charge < -0.3 is 11.1 Å². The van der Waals surface area contributed by atoms with E-state index in [4.69, 9.17) is 5.73 Å². The van der Waals surface area contributed by atoms with Gasteiger partial charge in [0, 0.05) is 4.47 Å². The Labute approximate surface area is 91.8 Å². The minimum absolute atomic E-state index is 0.0226. The van der Waals surface area contributed by atoms with Crippen LogP contribution in [0, 0.1) is 0 Å². The number of benzene rings is 1. The third kappa shape index (κ3) is 2.82. The van der Waals surface area contributed by atoms with Crippen molar-refractivity contribution in [2.45, 2.75) is 13.0 Å². The van der Waals surface area contributed by atoms with E-state index in [-0.39, 0.29) is 18.5 Å². The van der Waals surface area contributed by atoms with Crippen LogP contribution in [0.5, 0.6) is 0 Å². The molecule has 14 heavy (non-hydrogen) atoms. The third-order valence-corrected chi connectivity index (χ3v) is 2.66. The van der Waals surface area contributed by atoms with Crippen molar-refractivity contribution in [3.8, 4) is 0 Å². The highest BCUT2D eigenvalue weighted by Gasteiger charge is 2.10. The van der Waals surface area contributed by atoms with Crippen LogP contribution in [0.3, 0.4) is 0 Å². The van der Waals surface area contributed by atoms with Crippen LogP contribution in [-0.4, -0.2) is 12.5 Å². The van der Waals surface area contributed by atoms with Crippen molar-refractivity contribution in [1.29, 1.82) is 0 Å². The summed E-state index contributed by atoms with van der Waals surface area (Å²) in [5.74, 6) is -0.145. The number of carbonyl (C=O) groups excluding carboxylic acids is 1. The molecule has 0 radical (unpaired) electrons. The second kappa shape index (κ2) is 5.12. The number of halogens is 1. The largest absolute Gasteiger partial charge is 0.348 e. The van der Waals surface area contributed by atoms with Gasteiger partial charge in [0.25, 0.3) is 0 Å². The third-order valence-electron chi connectivity index (χ3n) is 1.93. The first-order chi connectivity index (χ1) is 6.65. The Kier molecular flexibility index (Phi) is 4.10. The lowest BCUT2D eigenvalue weighted by molar-refractivity contribution is -0.120. The van der Waals surface area contributed by atoms with E-state index >= 15 is 0 Å². The van der Waals surface area contributed by atoms with Crippen LogP contribution < -0.4 is 11.1 Å². The minimum Gasteiger partial charge on any atom is -0.348 e. The maximum absolute atomic E-state index is 11.1. The minimum atomic E-state index is -0.145. The lowest BCUT2D eigenvalue weighted by Gasteiger charge is -2.14. The lowest BCUT2D eigenvalue weighted by atomic mass is 10.1. The summed E-state index contributed by atoms with van der Waals surface area (Å²) >= 11 is 3.43. The number of hydrogen-bond acceptors (Lipinski definition) is 2. The van der Waals surface area contributed by atoms with Gasteiger partial charge in [-0.15, -0.1) is 0 Å². The number of carbonyl (C=O) groups is 1. The van der Waals surface area contributed by atoms with Gasteiger partial charge in [0.05, 0.1) is 12.6 Å². The Hall–Kier alpha value is -0.870. The summed E-state index contributed by atoms with van der Waals surface area (Å²) in [6, 6.07) is 7.75. The number of nitrogens with one attached hydrogen (secondary N) is 1. The second-order valence-electron chi connectivity index (χ2n) is 3.01. The van der Waals surface area contributed by atoms with Crippen LogP contribution in [0.1, 0.15) is 18.5 Å². The van der Waals surface area contributed by atoms with E-state index in [1.807, 2.05) is 31.2 Å². The van der Waals surface area contributed by atoms with Gasteiger partial charge in [0.15, 0.2) is 0 Å². The zero-order chi connectivity index (χ0) is 10.6. The summed E-state index contributed by atoms with van der Waals surface area (Å²) < 4.78 is 0.991. The lowest BCUT2D eigenvalue weighted by Crippen LogP contribution is -2.32. The van der Waals surface area contributed by atoms with E-state index in [0.29, 0.717) is 0 Å². The monoisotopic (exact) mass is 256 g/mol. The highest BCUT2D eigenvalue weighted by Crippen LogP contribution is 2.22. The van der Waals surface area contributed by atoms with Gasteiger partial charge in [0.1, 0.15) is 0 Å². The van der Waals surface area contributed by atoms with E-state index < -0.39 is 0 Å². The van der Waals surface area contributed by atoms with E-state index in [2.05, 4.69) is 21.2 Å². The van der Waals surface area contributed by atoms with Crippen molar-refractivity contribution >= 4 is 21.8 Å². The molecule has 3 N–H and O–H groups in total. The standard InChI is InChI=1S/C10H13BrN2O/c1-7(13-10(14)6-12)8-4-2-3-5-9(8)11/h2-5,7H,6,12H2,1H3,(H,13,14)/t7-/m0/s1. The molecule has 0 fully saturated rings. The summed E-state index contributed by atoms with van der Waals surface area (Å²) in [6.45, 7) is 1.95. The molecule has 1 atom stereocenters. The molecule has 0 aliphatic carbocycles. The van der Waals surface area contributed by atoms with Gasteiger partial charge in [-0.2, -0.15) is 0 Å². The molecule has 1 aromatic rings. The zero-order valence-corrected chi connectivity index (χ0v) is 9.54. The second-order valence-corrected chi connectivity index (χ2v) is 3.87. The smallest absolute Gasteiger partial charge is 0.234 e. The fraction of sp³-hybridized carbons (Fsp3) is 0.300. The molecule has 1 aromatic carbocycles. The van der Waals surface area contributed by atoms with Gasteiger partial charge in [0.2, 0.25) is 5.91 Å². The van der Waals surface area contributed by atoms with E-state index in [0.717, 1.165) is 10.0 Å². The molecule has 0 bridgehead atoms. The highest BCUT2D eigenvalue weighted by molar-refractivity contribution is 9.10. The molecule has 0 aliphatic rings. The zero-order valence-electron chi connectivity index (χ0n) is 7.96. The summed E-state index contributed by atoms with van der Waals surface area (Å²) in [5.41, 5.74) is 6.26. The van der Waals surface area contributed by atoms with Gasteiger partial charge in [-0.05, 0) is 18.6 Å². The fourth-order valence-electron chi connectivity index (χ4n) is 1.20. The first kappa shape index (κ1) is 11.2. The molecule has 4 heteroatoms. The van der Waals surface area contributed by atoms with Crippen LogP contribution in [0.25, 0.3) is 0 Å². The number of rotatable bonds is 3. The van der Waals surface area contributed by atoms with Gasteiger partial charge >= 0.3 is 0 Å². The van der Waals surface area contributed by atoms with Crippen molar-refractivity contribution in [1.82, 2.24) is 5.32 Å². The van der Waals surface area contributed by atoms with Crippen LogP contribution in [-0.2, 0) is 4.79 Å². The van der Waals surface area contributed by atoms with Crippen molar-refractivity contribution in [2.24, 2.45) is 5.73 Å². The summed E-state index contributed by atoms with van der Waals surface area (Å²) in [4.78, 5) is 11.1. The Bertz CT molecular complexity index is 328. The fourth-order valence-corrected chi connectivity index (χ4v) is 1.83. The normalized spacial score (nSPS) is 12.2. The molecule has 0 saturated heterocycles. The Morgan fingerprint density at radius 3 is 2.79 bits per heavy atom. The Balaban J connectivity index is 2.74. The topological polar surface area (TPSA) is 55.1 Å². The van der Waals surface area contributed by atoms with Crippen molar-refractivity contribution in [3.05, 3.63) is 34.3 Å². The molecule has 0 heterocycles. The van der Waals surface area contributed by atoms with Crippen LogP contribution in [0.15, 0.2) is 28.7 Å². The average Bonchev–Trinajstić information content (AvgIpc) is 2.18. The van der Waals surface area contributed by atoms with Gasteiger partial charge in [-0.1, -0.05) is 34.1 Å². The first-order valence-corrected chi connectivity index (χ1v) is 5.18. The predicted molar refractivity (Wildman–Crippen MR) is 59.8 cm³/mol. The van der Waals surface area contributed by atoms with Crippen LogP contribution >= 0.6 is 15.9 Å². The SMILES string of the molecule is C[C@H](NC(=O)CN)c1ccccc1Br. The summed E-state index contributed by atoms with van der Waals surface area (Å²) in [6.07, 6.45) is 0. The van der Waals surface area contributed by atoms with E-state index in [9.17, 15) is 4.79 Å². The quantitative estimate of drug-likeness (QED) is 0.863. The maximum Gasteiger partial charge on any atom is 0.234 e. The molecule has 3 nitrogen and oxygen atoms in total. The molecule has 76 valence electrons. The molecular formula is C10H13BrN2O. The summed E-state index contributed by atoms with van der Waals surface area (Å²) in [5, 5.41) is 2.79. The van der Waals surface area contributed by atoms with Crippen molar-refractivity contribution in [3.63, 3.8) is 0 Å². The molecule has 0 saturated carbocycles. The van der Waals surface area contributed by atoms with Crippen LogP contribution in [0.4, 0.5) is 0 Å². The van der Waals surface area contributed by atoms with E-state index in [1.165, 1.54) is 0 Å². The number of nitrogens with two attached hydrogens (primary N) is 1. The summed E-state index contributed by atoms with van der Waals surface area (Å²) in [7, 11) is 0. The average molecular weight is 257 g/mol. The first-order valence-electron chi connectivity index (χ1n) is 4.39. The van der Waals surface area contributed by atoms with E-state index in [1.54, 1.807) is 0 Å². The van der Waals surface area contributed by atoms with Gasteiger partial charge in [-0.3, -0.25) is 4.79 Å². The maximum atomic E-state index is 11.1. The molecule has 0 aliphatic heterocycles. The van der Waals surface area contributed by atoms with Crippen molar-refractivity contribution in [2.75, 3.05) is 6.54 Å². The Morgan fingerprint density at radius 1 is 1.57 bits per heavy atom. The van der Waals surface area contributed by atoms with Crippen LogP contribution in [0.2, 0.25) is 0 Å². The van der Waals surface area contributed by atoms with Gasteiger partial charge in [-0.25, -0.2) is 0 Å². The highest BCUT2D eigenvalue weighted by atomic mass is 79.9.